The predicted molar refractivity (Wildman–Crippen MR) is 33.9 cm³/mol. The third kappa shape index (κ3) is 4.78. The van der Waals surface area contributed by atoms with Crippen molar-refractivity contribution in [2.24, 2.45) is 0 Å². The first kappa shape index (κ1) is 8.63. The first-order valence-electron chi connectivity index (χ1n) is 2.80. The minimum absolute atomic E-state index is 0.0388. The van der Waals surface area contributed by atoms with Crippen LogP contribution in [0.1, 0.15) is 13.3 Å². The number of ketones is 1. The summed E-state index contributed by atoms with van der Waals surface area (Å²) in [6.45, 7) is 1.28. The summed E-state index contributed by atoms with van der Waals surface area (Å²) in [5.41, 5.74) is 0. The van der Waals surface area contributed by atoms with E-state index < -0.39 is 0 Å². The van der Waals surface area contributed by atoms with E-state index in [1.807, 2.05) is 0 Å². The van der Waals surface area contributed by atoms with Gasteiger partial charge in [-0.3, -0.25) is 9.59 Å². The summed E-state index contributed by atoms with van der Waals surface area (Å²) < 4.78 is 0. The monoisotopic (exact) mass is 140 g/mol. The molecule has 0 heterocycles. The van der Waals surface area contributed by atoms with E-state index in [1.165, 1.54) is 6.92 Å². The standard InChI is InChI=1S/C6H8N2O2/c1-5(9)8-4-6(10)2-3-7/h2,4H2,1H3,(H,8,9). The van der Waals surface area contributed by atoms with Crippen molar-refractivity contribution >= 4 is 11.7 Å². The second kappa shape index (κ2) is 4.50. The number of hydrogen-bond donors (Lipinski definition) is 1. The van der Waals surface area contributed by atoms with E-state index in [9.17, 15) is 9.59 Å². The Morgan fingerprint density at radius 1 is 1.60 bits per heavy atom. The summed E-state index contributed by atoms with van der Waals surface area (Å²) in [4.78, 5) is 20.7. The summed E-state index contributed by atoms with van der Waals surface area (Å²) >= 11 is 0. The Morgan fingerprint density at radius 2 is 2.20 bits per heavy atom. The van der Waals surface area contributed by atoms with E-state index >= 15 is 0 Å². The lowest BCUT2D eigenvalue weighted by Gasteiger charge is -1.95. The van der Waals surface area contributed by atoms with Crippen LogP contribution in [0.15, 0.2) is 0 Å². The van der Waals surface area contributed by atoms with Crippen LogP contribution in [-0.2, 0) is 9.59 Å². The van der Waals surface area contributed by atoms with Gasteiger partial charge < -0.3 is 5.32 Å². The zero-order valence-electron chi connectivity index (χ0n) is 5.68. The molecule has 0 fully saturated rings. The largest absolute Gasteiger partial charge is 0.349 e. The number of rotatable bonds is 3. The minimum atomic E-state index is -0.266. The molecule has 4 nitrogen and oxygen atoms in total. The Morgan fingerprint density at radius 3 is 2.60 bits per heavy atom. The van der Waals surface area contributed by atoms with Crippen molar-refractivity contribution in [3.8, 4) is 6.07 Å². The van der Waals surface area contributed by atoms with Gasteiger partial charge in [0.2, 0.25) is 5.91 Å². The maximum absolute atomic E-state index is 10.5. The van der Waals surface area contributed by atoms with E-state index in [4.69, 9.17) is 5.26 Å². The zero-order valence-corrected chi connectivity index (χ0v) is 5.68. The minimum Gasteiger partial charge on any atom is -0.349 e. The first-order valence-corrected chi connectivity index (χ1v) is 2.80. The highest BCUT2D eigenvalue weighted by Gasteiger charge is 1.99. The maximum atomic E-state index is 10.5. The van der Waals surface area contributed by atoms with Crippen LogP contribution in [0, 0.1) is 11.3 Å². The van der Waals surface area contributed by atoms with Gasteiger partial charge in [0.25, 0.3) is 0 Å². The highest BCUT2D eigenvalue weighted by molar-refractivity contribution is 5.86. The number of carbonyl (C=O) groups excluding carboxylic acids is 2. The summed E-state index contributed by atoms with van der Waals surface area (Å²) in [6.07, 6.45) is -0.139. The van der Waals surface area contributed by atoms with Gasteiger partial charge in [-0.1, -0.05) is 0 Å². The molecule has 1 N–H and O–H groups in total. The van der Waals surface area contributed by atoms with E-state index in [1.54, 1.807) is 6.07 Å². The lowest BCUT2D eigenvalue weighted by atomic mass is 10.3. The molecule has 0 rings (SSSR count). The van der Waals surface area contributed by atoms with Gasteiger partial charge in [-0.05, 0) is 0 Å². The molecule has 0 aliphatic heterocycles. The Labute approximate surface area is 58.8 Å². The van der Waals surface area contributed by atoms with E-state index in [-0.39, 0.29) is 24.7 Å². The van der Waals surface area contributed by atoms with Gasteiger partial charge in [0, 0.05) is 6.92 Å². The van der Waals surface area contributed by atoms with E-state index in [0.29, 0.717) is 0 Å². The van der Waals surface area contributed by atoms with Crippen LogP contribution >= 0.6 is 0 Å². The van der Waals surface area contributed by atoms with Crippen molar-refractivity contribution in [2.75, 3.05) is 6.54 Å². The quantitative estimate of drug-likeness (QED) is 0.580. The van der Waals surface area contributed by atoms with Crippen molar-refractivity contribution in [1.82, 2.24) is 5.32 Å². The topological polar surface area (TPSA) is 70.0 Å². The van der Waals surface area contributed by atoms with Crippen molar-refractivity contribution in [1.29, 1.82) is 5.26 Å². The molecule has 0 unspecified atom stereocenters. The molecule has 0 saturated carbocycles. The fraction of sp³-hybridized carbons (Fsp3) is 0.500. The van der Waals surface area contributed by atoms with Gasteiger partial charge in [-0.25, -0.2) is 0 Å². The summed E-state index contributed by atoms with van der Waals surface area (Å²) in [7, 11) is 0. The molecule has 0 saturated heterocycles. The van der Waals surface area contributed by atoms with Crippen LogP contribution in [0.3, 0.4) is 0 Å². The Hall–Kier alpha value is -1.37. The SMILES string of the molecule is CC(=O)NCC(=O)CC#N. The number of nitrogens with zero attached hydrogens (tertiary/aromatic N) is 1. The average Bonchev–Trinajstić information content (AvgIpc) is 1.85. The van der Waals surface area contributed by atoms with Crippen LogP contribution in [0.25, 0.3) is 0 Å². The third-order valence-corrected chi connectivity index (χ3v) is 0.811. The Bertz CT molecular complexity index is 181. The molecule has 4 heteroatoms. The molecule has 0 aromatic rings. The molecule has 0 aromatic heterocycles. The van der Waals surface area contributed by atoms with Gasteiger partial charge in [0.1, 0.15) is 0 Å². The van der Waals surface area contributed by atoms with Crippen molar-refractivity contribution in [2.45, 2.75) is 13.3 Å². The molecule has 0 radical (unpaired) electrons. The second-order valence-corrected chi connectivity index (χ2v) is 1.78. The smallest absolute Gasteiger partial charge is 0.217 e. The van der Waals surface area contributed by atoms with Gasteiger partial charge in [0.05, 0.1) is 19.0 Å². The Balaban J connectivity index is 3.42. The van der Waals surface area contributed by atoms with E-state index in [0.717, 1.165) is 0 Å². The normalized spacial score (nSPS) is 8.00. The van der Waals surface area contributed by atoms with Crippen molar-refractivity contribution in [3.05, 3.63) is 0 Å². The van der Waals surface area contributed by atoms with Crippen LogP contribution in [0.2, 0.25) is 0 Å². The lowest BCUT2D eigenvalue weighted by molar-refractivity contribution is -0.123. The van der Waals surface area contributed by atoms with Gasteiger partial charge in [-0.15, -0.1) is 0 Å². The average molecular weight is 140 g/mol. The van der Waals surface area contributed by atoms with Crippen molar-refractivity contribution in [3.63, 3.8) is 0 Å². The number of nitrogens with one attached hydrogen (secondary N) is 1. The second-order valence-electron chi connectivity index (χ2n) is 1.78. The molecule has 0 spiro atoms. The number of nitriles is 1. The summed E-state index contributed by atoms with van der Waals surface area (Å²) in [6, 6.07) is 1.69. The fourth-order valence-corrected chi connectivity index (χ4v) is 0.374. The number of Topliss-reactive ketones (excluding diaryl/α,β-unsaturated/α-hetero) is 1. The molecular formula is C6H8N2O2. The number of amides is 1. The highest BCUT2D eigenvalue weighted by Crippen LogP contribution is 1.76. The molecule has 1 amide bonds. The molecule has 0 aliphatic carbocycles. The molecule has 0 aromatic carbocycles. The van der Waals surface area contributed by atoms with Gasteiger partial charge in [-0.2, -0.15) is 5.26 Å². The molecular weight excluding hydrogens is 132 g/mol. The van der Waals surface area contributed by atoms with Crippen LogP contribution in [0.5, 0.6) is 0 Å². The van der Waals surface area contributed by atoms with Crippen molar-refractivity contribution < 1.29 is 9.59 Å². The summed E-state index contributed by atoms with van der Waals surface area (Å²) in [5.74, 6) is -0.524. The van der Waals surface area contributed by atoms with Gasteiger partial charge in [0.15, 0.2) is 5.78 Å². The predicted octanol–water partition coefficient (Wildman–Crippen LogP) is -0.395. The highest BCUT2D eigenvalue weighted by atomic mass is 16.2. The zero-order chi connectivity index (χ0) is 7.98. The van der Waals surface area contributed by atoms with Crippen LogP contribution in [0.4, 0.5) is 0 Å². The van der Waals surface area contributed by atoms with Crippen LogP contribution in [-0.4, -0.2) is 18.2 Å². The fourth-order valence-electron chi connectivity index (χ4n) is 0.374. The number of hydrogen-bond acceptors (Lipinski definition) is 3. The molecule has 0 aliphatic rings. The maximum Gasteiger partial charge on any atom is 0.217 e. The molecule has 0 bridgehead atoms. The Kier molecular flexibility index (Phi) is 3.89. The third-order valence-electron chi connectivity index (χ3n) is 0.811. The van der Waals surface area contributed by atoms with Gasteiger partial charge >= 0.3 is 0 Å². The number of carbonyl (C=O) groups is 2. The molecule has 10 heavy (non-hydrogen) atoms. The summed E-state index contributed by atoms with van der Waals surface area (Å²) in [5, 5.41) is 10.3. The van der Waals surface area contributed by atoms with Crippen LogP contribution < -0.4 is 5.32 Å². The molecule has 54 valence electrons. The van der Waals surface area contributed by atoms with E-state index in [2.05, 4.69) is 5.32 Å². The first-order chi connectivity index (χ1) is 4.66. The lowest BCUT2D eigenvalue weighted by Crippen LogP contribution is -2.26. The molecule has 0 atom stereocenters.